The SMILES string of the molecule is Cc1ccc(C)c(OC(C)C(=O)NC(C)c2ccccc2)c1. The molecule has 0 radical (unpaired) electrons. The Morgan fingerprint density at radius 2 is 1.73 bits per heavy atom. The molecule has 22 heavy (non-hydrogen) atoms. The predicted molar refractivity (Wildman–Crippen MR) is 89.0 cm³/mol. The van der Waals surface area contributed by atoms with Gasteiger partial charge in [-0.25, -0.2) is 0 Å². The molecule has 0 saturated carbocycles. The first-order valence-electron chi connectivity index (χ1n) is 7.56. The summed E-state index contributed by atoms with van der Waals surface area (Å²) in [5, 5.41) is 2.99. The van der Waals surface area contributed by atoms with Crippen LogP contribution in [0, 0.1) is 13.8 Å². The Bertz CT molecular complexity index is 637. The van der Waals surface area contributed by atoms with Gasteiger partial charge in [0.25, 0.3) is 5.91 Å². The maximum absolute atomic E-state index is 12.3. The van der Waals surface area contributed by atoms with Crippen LogP contribution in [0.4, 0.5) is 0 Å². The molecule has 0 spiro atoms. The molecule has 2 rings (SSSR count). The van der Waals surface area contributed by atoms with Gasteiger partial charge < -0.3 is 10.1 Å². The van der Waals surface area contributed by atoms with Crippen LogP contribution in [0.1, 0.15) is 36.6 Å². The second kappa shape index (κ2) is 7.12. The molecule has 3 heteroatoms. The molecule has 2 aromatic rings. The van der Waals surface area contributed by atoms with E-state index in [0.29, 0.717) is 0 Å². The summed E-state index contributed by atoms with van der Waals surface area (Å²) < 4.78 is 5.81. The van der Waals surface area contributed by atoms with Crippen molar-refractivity contribution in [2.24, 2.45) is 0 Å². The Kier molecular flexibility index (Phi) is 5.21. The Morgan fingerprint density at radius 1 is 1.05 bits per heavy atom. The minimum absolute atomic E-state index is 0.0432. The average molecular weight is 297 g/mol. The molecule has 0 bridgehead atoms. The Morgan fingerprint density at radius 3 is 2.41 bits per heavy atom. The molecule has 3 nitrogen and oxygen atoms in total. The topological polar surface area (TPSA) is 38.3 Å². The van der Waals surface area contributed by atoms with Crippen molar-refractivity contribution in [1.82, 2.24) is 5.32 Å². The number of rotatable bonds is 5. The average Bonchev–Trinajstić information content (AvgIpc) is 2.51. The first-order chi connectivity index (χ1) is 10.5. The normalized spacial score (nSPS) is 13.3. The maximum atomic E-state index is 12.3. The fraction of sp³-hybridized carbons (Fsp3) is 0.316. The van der Waals surface area contributed by atoms with Gasteiger partial charge in [-0.2, -0.15) is 0 Å². The molecule has 2 aromatic carbocycles. The molecule has 0 aliphatic heterocycles. The third-order valence-electron chi connectivity index (χ3n) is 3.67. The van der Waals surface area contributed by atoms with Crippen LogP contribution in [-0.2, 0) is 4.79 Å². The molecule has 0 aliphatic carbocycles. The van der Waals surface area contributed by atoms with Crippen LogP contribution < -0.4 is 10.1 Å². The van der Waals surface area contributed by atoms with Crippen LogP contribution >= 0.6 is 0 Å². The Hall–Kier alpha value is -2.29. The van der Waals surface area contributed by atoms with Crippen LogP contribution in [0.15, 0.2) is 48.5 Å². The number of amides is 1. The molecule has 0 aliphatic rings. The molecule has 2 atom stereocenters. The molecule has 1 amide bonds. The molecule has 2 unspecified atom stereocenters. The Balaban J connectivity index is 1.99. The smallest absolute Gasteiger partial charge is 0.261 e. The van der Waals surface area contributed by atoms with Crippen molar-refractivity contribution in [2.45, 2.75) is 39.8 Å². The van der Waals surface area contributed by atoms with E-state index in [1.807, 2.05) is 69.3 Å². The molecule has 0 saturated heterocycles. The van der Waals surface area contributed by atoms with Crippen molar-refractivity contribution in [3.05, 3.63) is 65.2 Å². The molecule has 116 valence electrons. The van der Waals surface area contributed by atoms with Gasteiger partial charge in [0, 0.05) is 0 Å². The fourth-order valence-electron chi connectivity index (χ4n) is 2.23. The van der Waals surface area contributed by atoms with E-state index in [-0.39, 0.29) is 11.9 Å². The summed E-state index contributed by atoms with van der Waals surface area (Å²) in [6.45, 7) is 7.73. The summed E-state index contributed by atoms with van der Waals surface area (Å²) in [5.74, 6) is 0.646. The number of carbonyl (C=O) groups is 1. The number of hydrogen-bond acceptors (Lipinski definition) is 2. The number of aryl methyl sites for hydroxylation is 2. The summed E-state index contributed by atoms with van der Waals surface area (Å²) >= 11 is 0. The highest BCUT2D eigenvalue weighted by molar-refractivity contribution is 5.81. The van der Waals surface area contributed by atoms with Gasteiger partial charge in [-0.1, -0.05) is 42.5 Å². The quantitative estimate of drug-likeness (QED) is 0.907. The highest BCUT2D eigenvalue weighted by Gasteiger charge is 2.18. The zero-order valence-electron chi connectivity index (χ0n) is 13.6. The van der Waals surface area contributed by atoms with Gasteiger partial charge >= 0.3 is 0 Å². The van der Waals surface area contributed by atoms with E-state index in [1.165, 1.54) is 0 Å². The van der Waals surface area contributed by atoms with Crippen LogP contribution in [0.2, 0.25) is 0 Å². The van der Waals surface area contributed by atoms with Crippen LogP contribution in [-0.4, -0.2) is 12.0 Å². The summed E-state index contributed by atoms with van der Waals surface area (Å²) in [7, 11) is 0. The second-order valence-corrected chi connectivity index (χ2v) is 5.67. The van der Waals surface area contributed by atoms with Gasteiger partial charge in [0.15, 0.2) is 6.10 Å². The van der Waals surface area contributed by atoms with Crippen molar-refractivity contribution in [2.75, 3.05) is 0 Å². The van der Waals surface area contributed by atoms with Crippen LogP contribution in [0.25, 0.3) is 0 Å². The van der Waals surface area contributed by atoms with Gasteiger partial charge in [-0.05, 0) is 50.5 Å². The lowest BCUT2D eigenvalue weighted by Gasteiger charge is -2.20. The molecule has 0 fully saturated rings. The third-order valence-corrected chi connectivity index (χ3v) is 3.67. The zero-order chi connectivity index (χ0) is 16.1. The molecule has 1 N–H and O–H groups in total. The molecular formula is C19H23NO2. The highest BCUT2D eigenvalue weighted by atomic mass is 16.5. The fourth-order valence-corrected chi connectivity index (χ4v) is 2.23. The van der Waals surface area contributed by atoms with Gasteiger partial charge in [0.1, 0.15) is 5.75 Å². The lowest BCUT2D eigenvalue weighted by Crippen LogP contribution is -2.37. The monoisotopic (exact) mass is 297 g/mol. The molecule has 0 heterocycles. The first kappa shape index (κ1) is 16.1. The van der Waals surface area contributed by atoms with Gasteiger partial charge in [-0.3, -0.25) is 4.79 Å². The molecule has 0 aromatic heterocycles. The highest BCUT2D eigenvalue weighted by Crippen LogP contribution is 2.21. The maximum Gasteiger partial charge on any atom is 0.261 e. The largest absolute Gasteiger partial charge is 0.481 e. The lowest BCUT2D eigenvalue weighted by molar-refractivity contribution is -0.127. The van der Waals surface area contributed by atoms with Gasteiger partial charge in [0.2, 0.25) is 0 Å². The van der Waals surface area contributed by atoms with Crippen molar-refractivity contribution in [3.63, 3.8) is 0 Å². The van der Waals surface area contributed by atoms with E-state index in [4.69, 9.17) is 4.74 Å². The summed E-state index contributed by atoms with van der Waals surface area (Å²) in [5.41, 5.74) is 3.22. The minimum Gasteiger partial charge on any atom is -0.481 e. The van der Waals surface area contributed by atoms with Crippen molar-refractivity contribution in [1.29, 1.82) is 0 Å². The molecular weight excluding hydrogens is 274 g/mol. The third kappa shape index (κ3) is 4.10. The summed E-state index contributed by atoms with van der Waals surface area (Å²) in [4.78, 5) is 12.3. The van der Waals surface area contributed by atoms with E-state index in [0.717, 1.165) is 22.4 Å². The number of carbonyl (C=O) groups excluding carboxylic acids is 1. The zero-order valence-corrected chi connectivity index (χ0v) is 13.6. The number of hydrogen-bond donors (Lipinski definition) is 1. The lowest BCUT2D eigenvalue weighted by atomic mass is 10.1. The standard InChI is InChI=1S/C19H23NO2/c1-13-10-11-14(2)18(12-13)22-16(4)19(21)20-15(3)17-8-6-5-7-9-17/h5-12,15-16H,1-4H3,(H,20,21). The van der Waals surface area contributed by atoms with Crippen molar-refractivity contribution < 1.29 is 9.53 Å². The van der Waals surface area contributed by atoms with Crippen molar-refractivity contribution >= 4 is 5.91 Å². The van der Waals surface area contributed by atoms with E-state index in [1.54, 1.807) is 6.92 Å². The first-order valence-corrected chi connectivity index (χ1v) is 7.56. The number of benzene rings is 2. The van der Waals surface area contributed by atoms with Gasteiger partial charge in [0.05, 0.1) is 6.04 Å². The summed E-state index contributed by atoms with van der Waals surface area (Å²) in [6, 6.07) is 15.8. The van der Waals surface area contributed by atoms with Crippen molar-refractivity contribution in [3.8, 4) is 5.75 Å². The predicted octanol–water partition coefficient (Wildman–Crippen LogP) is 3.95. The van der Waals surface area contributed by atoms with Gasteiger partial charge in [-0.15, -0.1) is 0 Å². The number of ether oxygens (including phenoxy) is 1. The second-order valence-electron chi connectivity index (χ2n) is 5.67. The van der Waals surface area contributed by atoms with E-state index >= 15 is 0 Å². The van der Waals surface area contributed by atoms with Crippen LogP contribution in [0.5, 0.6) is 5.75 Å². The van der Waals surface area contributed by atoms with Crippen LogP contribution in [0.3, 0.4) is 0 Å². The minimum atomic E-state index is -0.535. The van der Waals surface area contributed by atoms with E-state index in [2.05, 4.69) is 5.32 Å². The van der Waals surface area contributed by atoms with E-state index < -0.39 is 6.10 Å². The number of nitrogens with one attached hydrogen (secondary N) is 1. The Labute approximate surface area is 132 Å². The van der Waals surface area contributed by atoms with E-state index in [9.17, 15) is 4.79 Å². The summed E-state index contributed by atoms with van der Waals surface area (Å²) in [6.07, 6.45) is -0.535.